The maximum absolute atomic E-state index is 12.5. The van der Waals surface area contributed by atoms with E-state index in [9.17, 15) is 15.0 Å². The number of aliphatic hydroxyl groups is 2. The van der Waals surface area contributed by atoms with Crippen molar-refractivity contribution in [3.63, 3.8) is 0 Å². The Hall–Kier alpha value is -1.59. The molecule has 0 saturated carbocycles. The lowest BCUT2D eigenvalue weighted by Crippen LogP contribution is -2.37. The van der Waals surface area contributed by atoms with E-state index in [1.54, 1.807) is 0 Å². The molecule has 1 aromatic rings. The van der Waals surface area contributed by atoms with Crippen molar-refractivity contribution < 1.29 is 15.0 Å². The number of aliphatic hydroxyl groups excluding tert-OH is 1. The minimum absolute atomic E-state index is 0.127. The van der Waals surface area contributed by atoms with Gasteiger partial charge in [-0.3, -0.25) is 4.79 Å². The maximum atomic E-state index is 12.5. The number of amides is 1. The smallest absolute Gasteiger partial charge is 0.227 e. The van der Waals surface area contributed by atoms with E-state index in [2.05, 4.69) is 10.2 Å². The normalized spacial score (nSPS) is 16.1. The number of carbonyl (C=O) groups excluding carboxylic acids is 1. The Morgan fingerprint density at radius 2 is 1.80 bits per heavy atom. The first-order chi connectivity index (χ1) is 12.0. The average molecular weight is 348 g/mol. The Labute approximate surface area is 151 Å². The summed E-state index contributed by atoms with van der Waals surface area (Å²) in [5, 5.41) is 23.4. The van der Waals surface area contributed by atoms with Gasteiger partial charge in [0.05, 0.1) is 29.5 Å². The monoisotopic (exact) mass is 348 g/mol. The van der Waals surface area contributed by atoms with E-state index in [0.29, 0.717) is 12.8 Å². The largest absolute Gasteiger partial charge is 0.393 e. The van der Waals surface area contributed by atoms with Crippen molar-refractivity contribution in [2.24, 2.45) is 0 Å². The molecular formula is C20H32N2O3. The number of piperidine rings is 1. The van der Waals surface area contributed by atoms with Gasteiger partial charge in [0.15, 0.2) is 0 Å². The molecule has 0 radical (unpaired) electrons. The molecule has 1 fully saturated rings. The highest BCUT2D eigenvalue weighted by Crippen LogP contribution is 2.30. The molecule has 0 unspecified atom stereocenters. The highest BCUT2D eigenvalue weighted by molar-refractivity contribution is 5.94. The summed E-state index contributed by atoms with van der Waals surface area (Å²) in [6.45, 7) is 5.62. The van der Waals surface area contributed by atoms with Gasteiger partial charge in [0.25, 0.3) is 0 Å². The van der Waals surface area contributed by atoms with Gasteiger partial charge < -0.3 is 20.4 Å². The number of nitrogens with one attached hydrogen (secondary N) is 1. The summed E-state index contributed by atoms with van der Waals surface area (Å²) in [5.74, 6) is -0.145. The van der Waals surface area contributed by atoms with Gasteiger partial charge in [-0.2, -0.15) is 0 Å². The van der Waals surface area contributed by atoms with Crippen molar-refractivity contribution >= 4 is 17.3 Å². The second kappa shape index (κ2) is 9.20. The van der Waals surface area contributed by atoms with Crippen LogP contribution in [0.5, 0.6) is 0 Å². The molecule has 5 heteroatoms. The van der Waals surface area contributed by atoms with Gasteiger partial charge in [-0.15, -0.1) is 0 Å². The van der Waals surface area contributed by atoms with E-state index in [1.807, 2.05) is 38.1 Å². The van der Waals surface area contributed by atoms with Gasteiger partial charge in [-0.05, 0) is 37.8 Å². The fraction of sp³-hybridized carbons (Fsp3) is 0.650. The lowest BCUT2D eigenvalue weighted by atomic mass is 9.89. The van der Waals surface area contributed by atoms with Crippen molar-refractivity contribution in [1.29, 1.82) is 0 Å². The number of rotatable bonds is 8. The Morgan fingerprint density at radius 1 is 1.20 bits per heavy atom. The van der Waals surface area contributed by atoms with Crippen LogP contribution in [-0.4, -0.2) is 40.9 Å². The van der Waals surface area contributed by atoms with Crippen molar-refractivity contribution in [3.05, 3.63) is 24.3 Å². The molecule has 0 aromatic heterocycles. The zero-order chi connectivity index (χ0) is 18.3. The molecule has 1 aliphatic heterocycles. The van der Waals surface area contributed by atoms with Gasteiger partial charge in [0.2, 0.25) is 5.91 Å². The molecule has 2 rings (SSSR count). The summed E-state index contributed by atoms with van der Waals surface area (Å²) >= 11 is 0. The molecule has 0 atom stereocenters. The summed E-state index contributed by atoms with van der Waals surface area (Å²) in [7, 11) is 0. The van der Waals surface area contributed by atoms with Crippen LogP contribution < -0.4 is 10.2 Å². The van der Waals surface area contributed by atoms with Crippen LogP contribution in [0.1, 0.15) is 58.8 Å². The van der Waals surface area contributed by atoms with Crippen LogP contribution in [0.15, 0.2) is 24.3 Å². The number of nitrogens with zero attached hydrogens (tertiary/aromatic N) is 1. The van der Waals surface area contributed by atoms with Crippen LogP contribution in [0.25, 0.3) is 0 Å². The molecule has 140 valence electrons. The van der Waals surface area contributed by atoms with E-state index >= 15 is 0 Å². The minimum Gasteiger partial charge on any atom is -0.393 e. The number of carbonyl (C=O) groups is 1. The maximum Gasteiger partial charge on any atom is 0.227 e. The predicted octanol–water partition coefficient (Wildman–Crippen LogP) is 3.31. The molecular weight excluding hydrogens is 316 g/mol. The third-order valence-corrected chi connectivity index (χ3v) is 4.90. The Morgan fingerprint density at radius 3 is 2.40 bits per heavy atom. The fourth-order valence-electron chi connectivity index (χ4n) is 3.69. The van der Waals surface area contributed by atoms with Gasteiger partial charge in [0, 0.05) is 13.1 Å². The molecule has 0 bridgehead atoms. The van der Waals surface area contributed by atoms with Crippen molar-refractivity contribution in [1.82, 2.24) is 0 Å². The number of hydrogen-bond donors (Lipinski definition) is 3. The van der Waals surface area contributed by atoms with Crippen molar-refractivity contribution in [2.75, 3.05) is 23.3 Å². The molecule has 1 heterocycles. The second-order valence-corrected chi connectivity index (χ2v) is 7.18. The summed E-state index contributed by atoms with van der Waals surface area (Å²) in [6, 6.07) is 7.76. The van der Waals surface area contributed by atoms with E-state index in [-0.39, 0.29) is 18.4 Å². The Bertz CT molecular complexity index is 548. The first-order valence-electron chi connectivity index (χ1n) is 9.51. The molecule has 3 N–H and O–H groups in total. The molecule has 0 aliphatic carbocycles. The number of para-hydroxylation sites is 2. The molecule has 1 aliphatic rings. The van der Waals surface area contributed by atoms with Crippen molar-refractivity contribution in [2.45, 2.75) is 70.5 Å². The second-order valence-electron chi connectivity index (χ2n) is 7.18. The van der Waals surface area contributed by atoms with E-state index < -0.39 is 5.60 Å². The highest BCUT2D eigenvalue weighted by atomic mass is 16.3. The topological polar surface area (TPSA) is 72.8 Å². The van der Waals surface area contributed by atoms with Crippen LogP contribution in [0, 0.1) is 0 Å². The zero-order valence-electron chi connectivity index (χ0n) is 15.5. The SMILES string of the molecule is CCCC(O)(CCC)CC(=O)Nc1ccccc1N1CCC(O)CC1. The standard InChI is InChI=1S/C20H32N2O3/c1-3-11-20(25,12-4-2)15-19(24)21-17-7-5-6-8-18(17)22-13-9-16(23)10-14-22/h5-8,16,23,25H,3-4,9-15H2,1-2H3,(H,21,24). The van der Waals surface area contributed by atoms with Crippen LogP contribution in [0.2, 0.25) is 0 Å². The first-order valence-corrected chi connectivity index (χ1v) is 9.51. The van der Waals surface area contributed by atoms with Gasteiger partial charge >= 0.3 is 0 Å². The summed E-state index contributed by atoms with van der Waals surface area (Å²) < 4.78 is 0. The van der Waals surface area contributed by atoms with Gasteiger partial charge in [0.1, 0.15) is 0 Å². The molecule has 1 aromatic carbocycles. The number of benzene rings is 1. The van der Waals surface area contributed by atoms with Crippen LogP contribution in [0.3, 0.4) is 0 Å². The minimum atomic E-state index is -0.919. The number of hydrogen-bond acceptors (Lipinski definition) is 4. The lowest BCUT2D eigenvalue weighted by molar-refractivity contribution is -0.121. The highest BCUT2D eigenvalue weighted by Gasteiger charge is 2.28. The Balaban J connectivity index is 2.05. The molecule has 25 heavy (non-hydrogen) atoms. The Kier molecular flexibility index (Phi) is 7.26. The summed E-state index contributed by atoms with van der Waals surface area (Å²) in [5.41, 5.74) is 0.842. The van der Waals surface area contributed by atoms with E-state index in [4.69, 9.17) is 0 Å². The predicted molar refractivity (Wildman–Crippen MR) is 102 cm³/mol. The molecule has 0 spiro atoms. The summed E-state index contributed by atoms with van der Waals surface area (Å²) in [4.78, 5) is 14.7. The van der Waals surface area contributed by atoms with E-state index in [0.717, 1.165) is 50.1 Å². The average Bonchev–Trinajstić information content (AvgIpc) is 2.56. The molecule has 1 amide bonds. The zero-order valence-corrected chi connectivity index (χ0v) is 15.5. The fourth-order valence-corrected chi connectivity index (χ4v) is 3.69. The number of anilines is 2. The third-order valence-electron chi connectivity index (χ3n) is 4.90. The van der Waals surface area contributed by atoms with Gasteiger partial charge in [-0.1, -0.05) is 38.8 Å². The van der Waals surface area contributed by atoms with Gasteiger partial charge in [-0.25, -0.2) is 0 Å². The van der Waals surface area contributed by atoms with Crippen molar-refractivity contribution in [3.8, 4) is 0 Å². The van der Waals surface area contributed by atoms with Crippen LogP contribution in [0.4, 0.5) is 11.4 Å². The van der Waals surface area contributed by atoms with Crippen LogP contribution in [-0.2, 0) is 4.79 Å². The molecule has 5 nitrogen and oxygen atoms in total. The first kappa shape index (κ1) is 19.7. The quantitative estimate of drug-likeness (QED) is 0.674. The third kappa shape index (κ3) is 5.72. The lowest BCUT2D eigenvalue weighted by Gasteiger charge is -2.33. The van der Waals surface area contributed by atoms with E-state index in [1.165, 1.54) is 0 Å². The summed E-state index contributed by atoms with van der Waals surface area (Å²) in [6.07, 6.45) is 4.38. The molecule has 1 saturated heterocycles. The van der Waals surface area contributed by atoms with Crippen LogP contribution >= 0.6 is 0 Å².